The van der Waals surface area contributed by atoms with E-state index in [9.17, 15) is 14.0 Å². The van der Waals surface area contributed by atoms with Crippen molar-refractivity contribution in [3.8, 4) is 5.75 Å². The Hall–Kier alpha value is -3.68. The lowest BCUT2D eigenvalue weighted by Crippen LogP contribution is -2.22. The number of hydrogen-bond acceptors (Lipinski definition) is 6. The lowest BCUT2D eigenvalue weighted by atomic mass is 10.1. The fraction of sp³-hybridized carbons (Fsp3) is 0.105. The van der Waals surface area contributed by atoms with Crippen LogP contribution in [0.15, 0.2) is 58.1 Å². The SMILES string of the molecule is COc1cccc2cc(C(=O)Nc3cccc(F)c3)/c(=N\OC(C)=O)oc12. The highest BCUT2D eigenvalue weighted by Gasteiger charge is 2.16. The summed E-state index contributed by atoms with van der Waals surface area (Å²) < 4.78 is 24.2. The maximum absolute atomic E-state index is 13.3. The molecule has 1 N–H and O–H groups in total. The second-order valence-electron chi connectivity index (χ2n) is 5.48. The van der Waals surface area contributed by atoms with Crippen LogP contribution in [0.2, 0.25) is 0 Å². The number of nitrogens with zero attached hydrogens (tertiary/aromatic N) is 1. The second-order valence-corrected chi connectivity index (χ2v) is 5.48. The Labute approximate surface area is 153 Å². The molecule has 0 spiro atoms. The van der Waals surface area contributed by atoms with Crippen LogP contribution in [-0.2, 0) is 9.63 Å². The number of benzene rings is 2. The average molecular weight is 370 g/mol. The van der Waals surface area contributed by atoms with Gasteiger partial charge in [-0.05, 0) is 35.5 Å². The molecule has 0 saturated heterocycles. The third-order valence-electron chi connectivity index (χ3n) is 3.54. The number of anilines is 1. The molecule has 1 heterocycles. The highest BCUT2D eigenvalue weighted by Crippen LogP contribution is 2.24. The molecule has 0 unspecified atom stereocenters. The van der Waals surface area contributed by atoms with E-state index in [0.717, 1.165) is 6.92 Å². The standard InChI is InChI=1S/C19H15FN2O5/c1-11(23)27-22-19-15(18(24)21-14-7-4-6-13(20)10-14)9-12-5-3-8-16(25-2)17(12)26-19/h3-10H,1-2H3,(H,21,24)/b22-19+. The van der Waals surface area contributed by atoms with Crippen LogP contribution < -0.4 is 15.6 Å². The number of ether oxygens (including phenoxy) is 1. The lowest BCUT2D eigenvalue weighted by molar-refractivity contribution is -0.141. The van der Waals surface area contributed by atoms with Crippen LogP contribution in [-0.4, -0.2) is 19.0 Å². The van der Waals surface area contributed by atoms with Gasteiger partial charge in [-0.1, -0.05) is 18.2 Å². The number of carbonyl (C=O) groups is 2. The Balaban J connectivity index is 2.11. The van der Waals surface area contributed by atoms with Gasteiger partial charge in [0.2, 0.25) is 0 Å². The Morgan fingerprint density at radius 1 is 1.15 bits per heavy atom. The largest absolute Gasteiger partial charge is 0.493 e. The summed E-state index contributed by atoms with van der Waals surface area (Å²) in [7, 11) is 1.47. The monoisotopic (exact) mass is 370 g/mol. The lowest BCUT2D eigenvalue weighted by Gasteiger charge is -2.08. The van der Waals surface area contributed by atoms with Crippen molar-refractivity contribution in [2.24, 2.45) is 5.16 Å². The summed E-state index contributed by atoms with van der Waals surface area (Å²) in [4.78, 5) is 28.4. The summed E-state index contributed by atoms with van der Waals surface area (Å²) in [5.74, 6) is -1.36. The van der Waals surface area contributed by atoms with Gasteiger partial charge in [0.1, 0.15) is 11.4 Å². The fourth-order valence-electron chi connectivity index (χ4n) is 2.39. The molecule has 3 rings (SSSR count). The van der Waals surface area contributed by atoms with E-state index in [1.807, 2.05) is 0 Å². The summed E-state index contributed by atoms with van der Waals surface area (Å²) >= 11 is 0. The normalized spacial score (nSPS) is 11.3. The second kappa shape index (κ2) is 7.69. The fourth-order valence-corrected chi connectivity index (χ4v) is 2.39. The van der Waals surface area contributed by atoms with E-state index < -0.39 is 17.7 Å². The molecule has 0 radical (unpaired) electrons. The maximum atomic E-state index is 13.3. The van der Waals surface area contributed by atoms with Crippen LogP contribution in [0, 0.1) is 5.82 Å². The minimum Gasteiger partial charge on any atom is -0.493 e. The molecule has 8 heteroatoms. The Morgan fingerprint density at radius 2 is 1.93 bits per heavy atom. The molecule has 0 aliphatic carbocycles. The van der Waals surface area contributed by atoms with Gasteiger partial charge in [-0.25, -0.2) is 9.18 Å². The van der Waals surface area contributed by atoms with Crippen LogP contribution in [0.3, 0.4) is 0 Å². The third kappa shape index (κ3) is 4.12. The highest BCUT2D eigenvalue weighted by atomic mass is 19.1. The highest BCUT2D eigenvalue weighted by molar-refractivity contribution is 6.05. The van der Waals surface area contributed by atoms with E-state index in [-0.39, 0.29) is 16.8 Å². The topological polar surface area (TPSA) is 90.1 Å². The molecular formula is C19H15FN2O5. The molecule has 2 aromatic carbocycles. The van der Waals surface area contributed by atoms with Gasteiger partial charge in [0.15, 0.2) is 11.3 Å². The van der Waals surface area contributed by atoms with Crippen LogP contribution in [0.1, 0.15) is 17.3 Å². The number of carbonyl (C=O) groups excluding carboxylic acids is 2. The van der Waals surface area contributed by atoms with Crippen molar-refractivity contribution in [3.63, 3.8) is 0 Å². The van der Waals surface area contributed by atoms with Crippen molar-refractivity contribution in [1.82, 2.24) is 0 Å². The number of amides is 1. The number of halogens is 1. The van der Waals surface area contributed by atoms with Gasteiger partial charge in [-0.3, -0.25) is 4.79 Å². The van der Waals surface area contributed by atoms with Crippen LogP contribution >= 0.6 is 0 Å². The molecule has 0 fully saturated rings. The van der Waals surface area contributed by atoms with Crippen LogP contribution in [0.25, 0.3) is 11.0 Å². The first kappa shape index (κ1) is 18.1. The summed E-state index contributed by atoms with van der Waals surface area (Å²) in [6, 6.07) is 12.1. The van der Waals surface area contributed by atoms with E-state index in [1.54, 1.807) is 18.2 Å². The third-order valence-corrected chi connectivity index (χ3v) is 3.54. The first-order valence-corrected chi connectivity index (χ1v) is 7.87. The Kier molecular flexibility index (Phi) is 5.16. The van der Waals surface area contributed by atoms with Gasteiger partial charge in [-0.2, -0.15) is 0 Å². The van der Waals surface area contributed by atoms with E-state index >= 15 is 0 Å². The minimum absolute atomic E-state index is 0.00117. The molecule has 138 valence electrons. The molecule has 0 aliphatic rings. The van der Waals surface area contributed by atoms with Crippen LogP contribution in [0.5, 0.6) is 5.75 Å². The summed E-state index contributed by atoms with van der Waals surface area (Å²) in [5.41, 5.74) is 0.356. The van der Waals surface area contributed by atoms with Crippen molar-refractivity contribution < 1.29 is 28.0 Å². The molecule has 0 atom stereocenters. The average Bonchev–Trinajstić information content (AvgIpc) is 2.65. The van der Waals surface area contributed by atoms with Crippen molar-refractivity contribution in [1.29, 1.82) is 0 Å². The number of para-hydroxylation sites is 1. The van der Waals surface area contributed by atoms with E-state index in [4.69, 9.17) is 9.15 Å². The first-order valence-electron chi connectivity index (χ1n) is 7.87. The van der Waals surface area contributed by atoms with Gasteiger partial charge in [0.05, 0.1) is 7.11 Å². The maximum Gasteiger partial charge on any atom is 0.332 e. The van der Waals surface area contributed by atoms with Gasteiger partial charge in [0.25, 0.3) is 11.5 Å². The molecule has 3 aromatic rings. The zero-order chi connectivity index (χ0) is 19.4. The van der Waals surface area contributed by atoms with E-state index in [0.29, 0.717) is 16.7 Å². The molecular weight excluding hydrogens is 355 g/mol. The zero-order valence-electron chi connectivity index (χ0n) is 14.5. The molecule has 0 bridgehead atoms. The van der Waals surface area contributed by atoms with Crippen molar-refractivity contribution in [2.75, 3.05) is 12.4 Å². The number of nitrogens with one attached hydrogen (secondary N) is 1. The molecule has 0 aliphatic heterocycles. The minimum atomic E-state index is -0.679. The summed E-state index contributed by atoms with van der Waals surface area (Å²) in [6.45, 7) is 1.16. The van der Waals surface area contributed by atoms with Gasteiger partial charge in [0, 0.05) is 18.0 Å². The summed E-state index contributed by atoms with van der Waals surface area (Å²) in [5, 5.41) is 6.72. The predicted octanol–water partition coefficient (Wildman–Crippen LogP) is 3.21. The number of hydrogen-bond donors (Lipinski definition) is 1. The predicted molar refractivity (Wildman–Crippen MR) is 94.4 cm³/mol. The van der Waals surface area contributed by atoms with Crippen molar-refractivity contribution in [2.45, 2.75) is 6.92 Å². The van der Waals surface area contributed by atoms with Crippen molar-refractivity contribution in [3.05, 3.63) is 65.5 Å². The molecule has 7 nitrogen and oxygen atoms in total. The Bertz CT molecular complexity index is 1090. The smallest absolute Gasteiger partial charge is 0.332 e. The number of fused-ring (bicyclic) bond motifs is 1. The van der Waals surface area contributed by atoms with E-state index in [2.05, 4.69) is 15.3 Å². The summed E-state index contributed by atoms with van der Waals surface area (Å²) in [6.07, 6.45) is 0. The Morgan fingerprint density at radius 3 is 2.63 bits per heavy atom. The van der Waals surface area contributed by atoms with Gasteiger partial charge < -0.3 is 19.3 Å². The van der Waals surface area contributed by atoms with Crippen LogP contribution in [0.4, 0.5) is 10.1 Å². The van der Waals surface area contributed by atoms with E-state index in [1.165, 1.54) is 37.4 Å². The first-order chi connectivity index (χ1) is 13.0. The van der Waals surface area contributed by atoms with Gasteiger partial charge >= 0.3 is 5.97 Å². The zero-order valence-corrected chi connectivity index (χ0v) is 14.5. The van der Waals surface area contributed by atoms with Crippen molar-refractivity contribution >= 4 is 28.5 Å². The quantitative estimate of drug-likeness (QED) is 0.563. The molecule has 27 heavy (non-hydrogen) atoms. The van der Waals surface area contributed by atoms with Gasteiger partial charge in [-0.15, -0.1) is 0 Å². The molecule has 1 aromatic heterocycles. The molecule has 1 amide bonds. The number of methoxy groups -OCH3 is 1. The number of rotatable bonds is 4. The molecule has 0 saturated carbocycles.